The van der Waals surface area contributed by atoms with Gasteiger partial charge < -0.3 is 9.47 Å². The highest BCUT2D eigenvalue weighted by Crippen LogP contribution is 2.22. The van der Waals surface area contributed by atoms with Crippen LogP contribution in [0.3, 0.4) is 0 Å². The molecule has 0 amide bonds. The standard InChI is InChI=1S/C19H15ClFNO3S/c1-12(23)17-8-14(21)4-7-18(17)25-9-15-11-26-19(22-15)10-24-16-5-2-13(20)3-6-16/h2-8,11H,9-10H2,1H3. The van der Waals surface area contributed by atoms with E-state index < -0.39 is 5.82 Å². The van der Waals surface area contributed by atoms with Gasteiger partial charge in [0, 0.05) is 10.4 Å². The molecular weight excluding hydrogens is 377 g/mol. The van der Waals surface area contributed by atoms with Crippen LogP contribution >= 0.6 is 22.9 Å². The maximum atomic E-state index is 13.3. The third kappa shape index (κ3) is 4.80. The number of benzene rings is 2. The van der Waals surface area contributed by atoms with Crippen LogP contribution in [0.5, 0.6) is 11.5 Å². The maximum Gasteiger partial charge on any atom is 0.163 e. The van der Waals surface area contributed by atoms with E-state index >= 15 is 0 Å². The number of carbonyl (C=O) groups is 1. The molecule has 0 radical (unpaired) electrons. The van der Waals surface area contributed by atoms with Gasteiger partial charge in [-0.2, -0.15) is 0 Å². The Kier molecular flexibility index (Phi) is 5.85. The maximum absolute atomic E-state index is 13.3. The predicted molar refractivity (Wildman–Crippen MR) is 98.6 cm³/mol. The molecule has 0 atom stereocenters. The van der Waals surface area contributed by atoms with Crippen LogP contribution in [0.1, 0.15) is 28.0 Å². The summed E-state index contributed by atoms with van der Waals surface area (Å²) in [6.45, 7) is 1.89. The van der Waals surface area contributed by atoms with E-state index in [0.717, 1.165) is 5.01 Å². The van der Waals surface area contributed by atoms with E-state index in [1.165, 1.54) is 36.5 Å². The fraction of sp³-hybridized carbons (Fsp3) is 0.158. The van der Waals surface area contributed by atoms with E-state index in [1.807, 2.05) is 5.38 Å². The SMILES string of the molecule is CC(=O)c1cc(F)ccc1OCc1csc(COc2ccc(Cl)cc2)n1. The quantitative estimate of drug-likeness (QED) is 0.513. The zero-order valence-corrected chi connectivity index (χ0v) is 15.4. The minimum absolute atomic E-state index is 0.184. The number of hydrogen-bond donors (Lipinski definition) is 0. The average Bonchev–Trinajstić information content (AvgIpc) is 3.08. The molecule has 3 rings (SSSR count). The summed E-state index contributed by atoms with van der Waals surface area (Å²) in [5.41, 5.74) is 0.926. The molecule has 0 aliphatic heterocycles. The number of carbonyl (C=O) groups excluding carboxylic acids is 1. The van der Waals surface area contributed by atoms with E-state index in [2.05, 4.69) is 4.98 Å². The summed E-state index contributed by atoms with van der Waals surface area (Å²) in [4.78, 5) is 16.0. The number of Topliss-reactive ketones (excluding diaryl/α,β-unsaturated/α-hetero) is 1. The molecule has 0 N–H and O–H groups in total. The first-order valence-corrected chi connectivity index (χ1v) is 9.02. The van der Waals surface area contributed by atoms with Crippen molar-refractivity contribution in [3.8, 4) is 11.5 Å². The molecule has 2 aromatic carbocycles. The van der Waals surface area contributed by atoms with Gasteiger partial charge in [-0.1, -0.05) is 11.6 Å². The van der Waals surface area contributed by atoms with Crippen molar-refractivity contribution in [2.75, 3.05) is 0 Å². The van der Waals surface area contributed by atoms with Gasteiger partial charge in [-0.3, -0.25) is 4.79 Å². The van der Waals surface area contributed by atoms with Crippen LogP contribution in [-0.4, -0.2) is 10.8 Å². The van der Waals surface area contributed by atoms with Crippen LogP contribution in [0.2, 0.25) is 5.02 Å². The van der Waals surface area contributed by atoms with Crippen molar-refractivity contribution in [2.45, 2.75) is 20.1 Å². The molecule has 0 aliphatic rings. The summed E-state index contributed by atoms with van der Waals surface area (Å²) >= 11 is 7.29. The lowest BCUT2D eigenvalue weighted by Gasteiger charge is -2.08. The van der Waals surface area contributed by atoms with Crippen molar-refractivity contribution >= 4 is 28.7 Å². The lowest BCUT2D eigenvalue weighted by molar-refractivity contribution is 0.101. The number of halogens is 2. The van der Waals surface area contributed by atoms with Crippen LogP contribution in [-0.2, 0) is 13.2 Å². The van der Waals surface area contributed by atoms with E-state index in [4.69, 9.17) is 21.1 Å². The average molecular weight is 392 g/mol. The van der Waals surface area contributed by atoms with Crippen LogP contribution in [0, 0.1) is 5.82 Å². The molecule has 0 spiro atoms. The molecule has 0 unspecified atom stereocenters. The molecule has 1 aromatic heterocycles. The van der Waals surface area contributed by atoms with Gasteiger partial charge in [-0.05, 0) is 49.4 Å². The van der Waals surface area contributed by atoms with Crippen LogP contribution in [0.25, 0.3) is 0 Å². The fourth-order valence-corrected chi connectivity index (χ4v) is 3.03. The van der Waals surface area contributed by atoms with Crippen molar-refractivity contribution in [1.29, 1.82) is 0 Å². The van der Waals surface area contributed by atoms with Gasteiger partial charge in [0.2, 0.25) is 0 Å². The van der Waals surface area contributed by atoms with Gasteiger partial charge in [0.25, 0.3) is 0 Å². The van der Waals surface area contributed by atoms with Crippen molar-refractivity contribution in [3.05, 3.63) is 74.9 Å². The second-order valence-corrected chi connectivity index (χ2v) is 6.84. The van der Waals surface area contributed by atoms with Crippen LogP contribution in [0.15, 0.2) is 47.8 Å². The Morgan fingerprint density at radius 2 is 1.92 bits per heavy atom. The highest BCUT2D eigenvalue weighted by Gasteiger charge is 2.11. The van der Waals surface area contributed by atoms with Gasteiger partial charge in [0.05, 0.1) is 11.3 Å². The largest absolute Gasteiger partial charge is 0.487 e. The smallest absolute Gasteiger partial charge is 0.163 e. The molecule has 0 fully saturated rings. The molecular formula is C19H15ClFNO3S. The molecule has 0 saturated heterocycles. The molecule has 0 aliphatic carbocycles. The minimum Gasteiger partial charge on any atom is -0.487 e. The van der Waals surface area contributed by atoms with E-state index in [1.54, 1.807) is 24.3 Å². The summed E-state index contributed by atoms with van der Waals surface area (Å²) in [5.74, 6) is 0.318. The van der Waals surface area contributed by atoms with Crippen LogP contribution < -0.4 is 9.47 Å². The lowest BCUT2D eigenvalue weighted by Crippen LogP contribution is -2.03. The molecule has 26 heavy (non-hydrogen) atoms. The molecule has 0 saturated carbocycles. The van der Waals surface area contributed by atoms with Gasteiger partial charge in [0.1, 0.15) is 35.5 Å². The van der Waals surface area contributed by atoms with Crippen molar-refractivity contribution in [2.24, 2.45) is 0 Å². The first-order chi connectivity index (χ1) is 12.5. The van der Waals surface area contributed by atoms with Gasteiger partial charge in [0.15, 0.2) is 5.78 Å². The van der Waals surface area contributed by atoms with E-state index in [0.29, 0.717) is 28.8 Å². The normalized spacial score (nSPS) is 10.6. The van der Waals surface area contributed by atoms with Crippen LogP contribution in [0.4, 0.5) is 4.39 Å². The number of rotatable bonds is 7. The molecule has 3 aromatic rings. The summed E-state index contributed by atoms with van der Waals surface area (Å²) in [5, 5.41) is 3.30. The Morgan fingerprint density at radius 3 is 2.65 bits per heavy atom. The van der Waals surface area contributed by atoms with Gasteiger partial charge >= 0.3 is 0 Å². The zero-order chi connectivity index (χ0) is 18.5. The Bertz CT molecular complexity index is 911. The van der Waals surface area contributed by atoms with Gasteiger partial charge in [-0.25, -0.2) is 9.37 Å². The summed E-state index contributed by atoms with van der Waals surface area (Å²) in [6, 6.07) is 11.0. The van der Waals surface area contributed by atoms with Crippen molar-refractivity contribution in [3.63, 3.8) is 0 Å². The predicted octanol–water partition coefficient (Wildman–Crippen LogP) is 5.30. The summed E-state index contributed by atoms with van der Waals surface area (Å²) in [7, 11) is 0. The second kappa shape index (κ2) is 8.29. The third-order valence-corrected chi connectivity index (χ3v) is 4.59. The Hall–Kier alpha value is -2.44. The molecule has 134 valence electrons. The lowest BCUT2D eigenvalue weighted by atomic mass is 10.1. The number of ketones is 1. The Balaban J connectivity index is 1.59. The third-order valence-electron chi connectivity index (χ3n) is 3.47. The Morgan fingerprint density at radius 1 is 1.15 bits per heavy atom. The number of thiazole rings is 1. The molecule has 1 heterocycles. The van der Waals surface area contributed by atoms with Crippen molar-refractivity contribution in [1.82, 2.24) is 4.98 Å². The minimum atomic E-state index is -0.474. The van der Waals surface area contributed by atoms with Gasteiger partial charge in [-0.15, -0.1) is 11.3 Å². The number of ether oxygens (including phenoxy) is 2. The zero-order valence-electron chi connectivity index (χ0n) is 13.9. The summed E-state index contributed by atoms with van der Waals surface area (Å²) < 4.78 is 24.6. The molecule has 0 bridgehead atoms. The molecule has 4 nitrogen and oxygen atoms in total. The van der Waals surface area contributed by atoms with E-state index in [-0.39, 0.29) is 18.0 Å². The highest BCUT2D eigenvalue weighted by atomic mass is 35.5. The number of aromatic nitrogens is 1. The fourth-order valence-electron chi connectivity index (χ4n) is 2.21. The summed E-state index contributed by atoms with van der Waals surface area (Å²) in [6.07, 6.45) is 0. The molecule has 7 heteroatoms. The number of nitrogens with zero attached hydrogens (tertiary/aromatic N) is 1. The first kappa shape index (κ1) is 18.4. The Labute approximate surface area is 159 Å². The van der Waals surface area contributed by atoms with E-state index in [9.17, 15) is 9.18 Å². The second-order valence-electron chi connectivity index (χ2n) is 5.46. The topological polar surface area (TPSA) is 48.4 Å². The number of hydrogen-bond acceptors (Lipinski definition) is 5. The van der Waals surface area contributed by atoms with Crippen molar-refractivity contribution < 1.29 is 18.7 Å². The first-order valence-electron chi connectivity index (χ1n) is 7.76. The monoisotopic (exact) mass is 391 g/mol. The highest BCUT2D eigenvalue weighted by molar-refractivity contribution is 7.09.